The van der Waals surface area contributed by atoms with Crippen molar-refractivity contribution in [1.82, 2.24) is 5.32 Å². The molecule has 5 nitrogen and oxygen atoms in total. The lowest BCUT2D eigenvalue weighted by Crippen LogP contribution is -2.37. The summed E-state index contributed by atoms with van der Waals surface area (Å²) in [6.45, 7) is 0.947. The third kappa shape index (κ3) is 4.37. The SMILES string of the molecule is O=C(NCCc1ccccc1)c1ccc(N2CCCCS2(=O)=O)cc1Cl. The predicted molar refractivity (Wildman–Crippen MR) is 104 cm³/mol. The fraction of sp³-hybridized carbons (Fsp3) is 0.316. The van der Waals surface area contributed by atoms with Gasteiger partial charge in [0.25, 0.3) is 5.91 Å². The van der Waals surface area contributed by atoms with Crippen LogP contribution in [0.25, 0.3) is 0 Å². The highest BCUT2D eigenvalue weighted by Crippen LogP contribution is 2.28. The van der Waals surface area contributed by atoms with E-state index in [4.69, 9.17) is 11.6 Å². The number of hydrogen-bond donors (Lipinski definition) is 1. The first-order chi connectivity index (χ1) is 12.5. The van der Waals surface area contributed by atoms with E-state index < -0.39 is 10.0 Å². The Bertz CT molecular complexity index is 885. The second-order valence-electron chi connectivity index (χ2n) is 6.25. The molecule has 1 saturated heterocycles. The molecule has 1 aliphatic heterocycles. The van der Waals surface area contributed by atoms with Gasteiger partial charge in [-0.2, -0.15) is 0 Å². The van der Waals surface area contributed by atoms with Gasteiger partial charge < -0.3 is 5.32 Å². The van der Waals surface area contributed by atoms with E-state index in [1.54, 1.807) is 18.2 Å². The van der Waals surface area contributed by atoms with Crippen molar-refractivity contribution in [1.29, 1.82) is 0 Å². The summed E-state index contributed by atoms with van der Waals surface area (Å²) in [5.74, 6) is -0.120. The highest BCUT2D eigenvalue weighted by molar-refractivity contribution is 7.92. The summed E-state index contributed by atoms with van der Waals surface area (Å²) < 4.78 is 25.8. The van der Waals surface area contributed by atoms with Crippen molar-refractivity contribution in [3.63, 3.8) is 0 Å². The minimum Gasteiger partial charge on any atom is -0.352 e. The van der Waals surface area contributed by atoms with Crippen LogP contribution in [0.4, 0.5) is 5.69 Å². The first-order valence-electron chi connectivity index (χ1n) is 8.59. The van der Waals surface area contributed by atoms with E-state index >= 15 is 0 Å². The van der Waals surface area contributed by atoms with E-state index in [9.17, 15) is 13.2 Å². The van der Waals surface area contributed by atoms with E-state index in [0.29, 0.717) is 30.8 Å². The van der Waals surface area contributed by atoms with Crippen LogP contribution in [-0.2, 0) is 16.4 Å². The van der Waals surface area contributed by atoms with Gasteiger partial charge in [-0.1, -0.05) is 41.9 Å². The molecule has 0 bridgehead atoms. The zero-order valence-electron chi connectivity index (χ0n) is 14.3. The molecule has 0 atom stereocenters. The van der Waals surface area contributed by atoms with Gasteiger partial charge in [-0.3, -0.25) is 9.10 Å². The Morgan fingerprint density at radius 2 is 1.88 bits per heavy atom. The normalized spacial score (nSPS) is 16.3. The summed E-state index contributed by atoms with van der Waals surface area (Å²) in [6, 6.07) is 14.7. The fourth-order valence-electron chi connectivity index (χ4n) is 2.98. The monoisotopic (exact) mass is 392 g/mol. The molecule has 1 aliphatic rings. The summed E-state index contributed by atoms with van der Waals surface area (Å²) in [6.07, 6.45) is 2.22. The Kier molecular flexibility index (Phi) is 5.84. The molecule has 0 unspecified atom stereocenters. The minimum absolute atomic E-state index is 0.145. The largest absolute Gasteiger partial charge is 0.352 e. The van der Waals surface area contributed by atoms with Gasteiger partial charge in [0.15, 0.2) is 0 Å². The van der Waals surface area contributed by atoms with E-state index in [1.165, 1.54) is 4.31 Å². The Morgan fingerprint density at radius 1 is 1.12 bits per heavy atom. The molecule has 138 valence electrons. The smallest absolute Gasteiger partial charge is 0.252 e. The zero-order valence-corrected chi connectivity index (χ0v) is 15.9. The molecule has 26 heavy (non-hydrogen) atoms. The highest BCUT2D eigenvalue weighted by Gasteiger charge is 2.26. The van der Waals surface area contributed by atoms with Crippen LogP contribution >= 0.6 is 11.6 Å². The summed E-state index contributed by atoms with van der Waals surface area (Å²) in [5, 5.41) is 3.10. The van der Waals surface area contributed by atoms with Crippen LogP contribution in [0.15, 0.2) is 48.5 Å². The molecule has 1 amide bonds. The van der Waals surface area contributed by atoms with Crippen molar-refractivity contribution in [2.45, 2.75) is 19.3 Å². The van der Waals surface area contributed by atoms with Gasteiger partial charge >= 0.3 is 0 Å². The van der Waals surface area contributed by atoms with Crippen LogP contribution in [0, 0.1) is 0 Å². The van der Waals surface area contributed by atoms with Gasteiger partial charge in [0.2, 0.25) is 10.0 Å². The predicted octanol–water partition coefficient (Wildman–Crippen LogP) is 3.24. The van der Waals surface area contributed by atoms with Gasteiger partial charge in [0.05, 0.1) is 22.0 Å². The van der Waals surface area contributed by atoms with Crippen LogP contribution in [-0.4, -0.2) is 33.2 Å². The van der Waals surface area contributed by atoms with E-state index in [-0.39, 0.29) is 16.7 Å². The third-order valence-corrected chi connectivity index (χ3v) is 6.56. The number of sulfonamides is 1. The Morgan fingerprint density at radius 3 is 2.58 bits per heavy atom. The van der Waals surface area contributed by atoms with Gasteiger partial charge in [-0.25, -0.2) is 8.42 Å². The fourth-order valence-corrected chi connectivity index (χ4v) is 4.87. The molecular formula is C19H21ClN2O3S. The van der Waals surface area contributed by atoms with Crippen molar-refractivity contribution >= 4 is 33.2 Å². The van der Waals surface area contributed by atoms with Crippen molar-refractivity contribution in [2.24, 2.45) is 0 Å². The number of carbonyl (C=O) groups is 1. The number of nitrogens with zero attached hydrogens (tertiary/aromatic N) is 1. The first kappa shape index (κ1) is 18.7. The summed E-state index contributed by atoms with van der Waals surface area (Å²) in [4.78, 5) is 12.3. The van der Waals surface area contributed by atoms with E-state index in [1.807, 2.05) is 30.3 Å². The number of halogens is 1. The molecule has 0 aromatic heterocycles. The van der Waals surface area contributed by atoms with Crippen molar-refractivity contribution in [2.75, 3.05) is 23.1 Å². The quantitative estimate of drug-likeness (QED) is 0.849. The molecule has 1 fully saturated rings. The van der Waals surface area contributed by atoms with Crippen LogP contribution in [0.2, 0.25) is 5.02 Å². The molecule has 1 heterocycles. The Balaban J connectivity index is 1.66. The number of benzene rings is 2. The summed E-state index contributed by atoms with van der Waals surface area (Å²) in [7, 11) is -3.30. The molecule has 3 rings (SSSR count). The van der Waals surface area contributed by atoms with Crippen molar-refractivity contribution in [3.05, 3.63) is 64.7 Å². The maximum absolute atomic E-state index is 12.3. The van der Waals surface area contributed by atoms with Gasteiger partial charge in [-0.05, 0) is 43.0 Å². The number of anilines is 1. The van der Waals surface area contributed by atoms with Gasteiger partial charge in [-0.15, -0.1) is 0 Å². The molecule has 2 aromatic rings. The molecule has 1 N–H and O–H groups in total. The topological polar surface area (TPSA) is 66.5 Å². The number of rotatable bonds is 5. The second kappa shape index (κ2) is 8.10. The Hall–Kier alpha value is -2.05. The van der Waals surface area contributed by atoms with Crippen LogP contribution in [0.3, 0.4) is 0 Å². The molecular weight excluding hydrogens is 372 g/mol. The maximum Gasteiger partial charge on any atom is 0.252 e. The van der Waals surface area contributed by atoms with Gasteiger partial charge in [0.1, 0.15) is 0 Å². The molecule has 0 aliphatic carbocycles. The van der Waals surface area contributed by atoms with E-state index in [2.05, 4.69) is 5.32 Å². The average Bonchev–Trinajstić information content (AvgIpc) is 2.62. The average molecular weight is 393 g/mol. The van der Waals surface area contributed by atoms with Crippen molar-refractivity contribution < 1.29 is 13.2 Å². The third-order valence-electron chi connectivity index (χ3n) is 4.38. The molecule has 0 spiro atoms. The summed E-state index contributed by atoms with van der Waals surface area (Å²) >= 11 is 6.25. The lowest BCUT2D eigenvalue weighted by atomic mass is 10.1. The van der Waals surface area contributed by atoms with Crippen LogP contribution in [0.5, 0.6) is 0 Å². The second-order valence-corrected chi connectivity index (χ2v) is 8.67. The van der Waals surface area contributed by atoms with E-state index in [0.717, 1.165) is 18.4 Å². The van der Waals surface area contributed by atoms with Crippen molar-refractivity contribution in [3.8, 4) is 0 Å². The Labute approximate surface area is 159 Å². The lowest BCUT2D eigenvalue weighted by molar-refractivity contribution is 0.0954. The zero-order chi connectivity index (χ0) is 18.6. The standard InChI is InChI=1S/C19H21ClN2O3S/c20-18-14-16(22-12-4-5-13-26(22,24)25)8-9-17(18)19(23)21-11-10-15-6-2-1-3-7-15/h1-3,6-9,14H,4-5,10-13H2,(H,21,23). The minimum atomic E-state index is -3.30. The number of nitrogens with one attached hydrogen (secondary N) is 1. The highest BCUT2D eigenvalue weighted by atomic mass is 35.5. The molecule has 7 heteroatoms. The molecule has 2 aromatic carbocycles. The number of hydrogen-bond acceptors (Lipinski definition) is 3. The maximum atomic E-state index is 12.3. The van der Waals surface area contributed by atoms with Crippen LogP contribution < -0.4 is 9.62 Å². The van der Waals surface area contributed by atoms with Crippen LogP contribution in [0.1, 0.15) is 28.8 Å². The first-order valence-corrected chi connectivity index (χ1v) is 10.6. The molecule has 0 radical (unpaired) electrons. The summed E-state index contributed by atoms with van der Waals surface area (Å²) in [5.41, 5.74) is 2.00. The number of amides is 1. The molecule has 0 saturated carbocycles. The lowest BCUT2D eigenvalue weighted by Gasteiger charge is -2.28. The number of carbonyl (C=O) groups excluding carboxylic acids is 1. The van der Waals surface area contributed by atoms with Gasteiger partial charge in [0, 0.05) is 13.1 Å².